The standard InChI is InChI=1S/C13H19NS/c1-3-8-14-13-9-15-10(2)11-6-4-5-7-12(11)13/h4-7,10,13-14H,3,8-9H2,1-2H3. The van der Waals surface area contributed by atoms with Crippen molar-refractivity contribution in [1.29, 1.82) is 0 Å². The topological polar surface area (TPSA) is 12.0 Å². The SMILES string of the molecule is CCCNC1CSC(C)c2ccccc21. The lowest BCUT2D eigenvalue weighted by Crippen LogP contribution is -2.27. The van der Waals surface area contributed by atoms with Gasteiger partial charge in [0.15, 0.2) is 0 Å². The van der Waals surface area contributed by atoms with Crippen molar-refractivity contribution in [2.75, 3.05) is 12.3 Å². The molecule has 0 amide bonds. The molecule has 0 bridgehead atoms. The van der Waals surface area contributed by atoms with Gasteiger partial charge in [0.25, 0.3) is 0 Å². The molecule has 1 nitrogen and oxygen atoms in total. The largest absolute Gasteiger partial charge is 0.309 e. The van der Waals surface area contributed by atoms with Crippen LogP contribution in [0.1, 0.15) is 42.7 Å². The fourth-order valence-corrected chi connectivity index (χ4v) is 3.28. The van der Waals surface area contributed by atoms with Crippen LogP contribution in [0.25, 0.3) is 0 Å². The summed E-state index contributed by atoms with van der Waals surface area (Å²) < 4.78 is 0. The molecule has 2 atom stereocenters. The molecule has 0 fully saturated rings. The minimum atomic E-state index is 0.558. The van der Waals surface area contributed by atoms with Gasteiger partial charge in [-0.05, 0) is 31.0 Å². The molecule has 1 aliphatic rings. The van der Waals surface area contributed by atoms with Crippen LogP contribution in [0, 0.1) is 0 Å². The Bertz CT molecular complexity index is 324. The van der Waals surface area contributed by atoms with E-state index in [1.165, 1.54) is 23.3 Å². The summed E-state index contributed by atoms with van der Waals surface area (Å²) in [6.45, 7) is 5.64. The third-order valence-electron chi connectivity index (χ3n) is 2.96. The van der Waals surface area contributed by atoms with Crippen LogP contribution in [-0.4, -0.2) is 12.3 Å². The van der Waals surface area contributed by atoms with Gasteiger partial charge in [-0.15, -0.1) is 0 Å². The summed E-state index contributed by atoms with van der Waals surface area (Å²) in [5, 5.41) is 4.28. The molecular formula is C13H19NS. The molecule has 0 spiro atoms. The minimum Gasteiger partial charge on any atom is -0.309 e. The molecule has 15 heavy (non-hydrogen) atoms. The Hall–Kier alpha value is -0.470. The lowest BCUT2D eigenvalue weighted by Gasteiger charge is -2.30. The van der Waals surface area contributed by atoms with Crippen LogP contribution >= 0.6 is 11.8 Å². The van der Waals surface area contributed by atoms with Crippen molar-refractivity contribution < 1.29 is 0 Å². The first-order valence-electron chi connectivity index (χ1n) is 5.76. The van der Waals surface area contributed by atoms with E-state index in [-0.39, 0.29) is 0 Å². The first-order valence-corrected chi connectivity index (χ1v) is 6.81. The second-order valence-electron chi connectivity index (χ2n) is 4.11. The fourth-order valence-electron chi connectivity index (χ4n) is 2.11. The Kier molecular flexibility index (Phi) is 3.71. The summed E-state index contributed by atoms with van der Waals surface area (Å²) in [5.74, 6) is 1.21. The number of hydrogen-bond donors (Lipinski definition) is 1. The summed E-state index contributed by atoms with van der Waals surface area (Å²) in [6.07, 6.45) is 1.21. The Morgan fingerprint density at radius 3 is 2.80 bits per heavy atom. The molecule has 0 aliphatic carbocycles. The molecular weight excluding hydrogens is 202 g/mol. The monoisotopic (exact) mass is 221 g/mol. The van der Waals surface area contributed by atoms with Crippen LogP contribution < -0.4 is 5.32 Å². The molecule has 1 N–H and O–H groups in total. The van der Waals surface area contributed by atoms with E-state index in [2.05, 4.69) is 55.2 Å². The zero-order valence-electron chi connectivity index (χ0n) is 9.49. The fraction of sp³-hybridized carbons (Fsp3) is 0.538. The normalized spacial score (nSPS) is 24.9. The first-order chi connectivity index (χ1) is 7.33. The van der Waals surface area contributed by atoms with Crippen LogP contribution in [0.15, 0.2) is 24.3 Å². The van der Waals surface area contributed by atoms with Gasteiger partial charge in [-0.3, -0.25) is 0 Å². The Morgan fingerprint density at radius 2 is 2.07 bits per heavy atom. The summed E-state index contributed by atoms with van der Waals surface area (Å²) in [5.41, 5.74) is 3.03. The average Bonchev–Trinajstić information content (AvgIpc) is 2.29. The molecule has 82 valence electrons. The van der Waals surface area contributed by atoms with E-state index in [0.717, 1.165) is 6.54 Å². The highest BCUT2D eigenvalue weighted by molar-refractivity contribution is 7.99. The van der Waals surface area contributed by atoms with Crippen LogP contribution in [0.3, 0.4) is 0 Å². The van der Waals surface area contributed by atoms with Gasteiger partial charge in [0.2, 0.25) is 0 Å². The highest BCUT2D eigenvalue weighted by Crippen LogP contribution is 2.40. The zero-order valence-corrected chi connectivity index (χ0v) is 10.3. The predicted octanol–water partition coefficient (Wildman–Crippen LogP) is 3.54. The van der Waals surface area contributed by atoms with Crippen molar-refractivity contribution in [2.45, 2.75) is 31.6 Å². The molecule has 1 aliphatic heterocycles. The number of nitrogens with one attached hydrogen (secondary N) is 1. The highest BCUT2D eigenvalue weighted by Gasteiger charge is 2.23. The van der Waals surface area contributed by atoms with E-state index in [0.29, 0.717) is 11.3 Å². The third-order valence-corrected chi connectivity index (χ3v) is 4.24. The third kappa shape index (κ3) is 2.37. The van der Waals surface area contributed by atoms with Crippen molar-refractivity contribution >= 4 is 11.8 Å². The Labute approximate surface area is 96.7 Å². The Morgan fingerprint density at radius 1 is 1.33 bits per heavy atom. The molecule has 1 aromatic rings. The van der Waals surface area contributed by atoms with E-state index < -0.39 is 0 Å². The number of hydrogen-bond acceptors (Lipinski definition) is 2. The van der Waals surface area contributed by atoms with Crippen LogP contribution in [0.2, 0.25) is 0 Å². The van der Waals surface area contributed by atoms with E-state index in [1.54, 1.807) is 0 Å². The molecule has 0 saturated carbocycles. The van der Waals surface area contributed by atoms with Gasteiger partial charge in [0.1, 0.15) is 0 Å². The maximum atomic E-state index is 3.63. The van der Waals surface area contributed by atoms with E-state index >= 15 is 0 Å². The predicted molar refractivity (Wildman–Crippen MR) is 68.3 cm³/mol. The second-order valence-corrected chi connectivity index (χ2v) is 5.48. The molecule has 0 radical (unpaired) electrons. The maximum Gasteiger partial charge on any atom is 0.0415 e. The summed E-state index contributed by atoms with van der Waals surface area (Å²) in [4.78, 5) is 0. The van der Waals surface area contributed by atoms with Crippen molar-refractivity contribution in [3.8, 4) is 0 Å². The number of rotatable bonds is 3. The van der Waals surface area contributed by atoms with Crippen molar-refractivity contribution in [2.24, 2.45) is 0 Å². The van der Waals surface area contributed by atoms with Crippen molar-refractivity contribution in [1.82, 2.24) is 5.32 Å². The second kappa shape index (κ2) is 5.04. The molecule has 2 heteroatoms. The van der Waals surface area contributed by atoms with Crippen molar-refractivity contribution in [3.63, 3.8) is 0 Å². The Balaban J connectivity index is 2.20. The van der Waals surface area contributed by atoms with Crippen molar-refractivity contribution in [3.05, 3.63) is 35.4 Å². The van der Waals surface area contributed by atoms with Gasteiger partial charge in [-0.25, -0.2) is 0 Å². The number of fused-ring (bicyclic) bond motifs is 1. The van der Waals surface area contributed by atoms with Gasteiger partial charge in [0.05, 0.1) is 0 Å². The van der Waals surface area contributed by atoms with E-state index in [9.17, 15) is 0 Å². The first kappa shape index (κ1) is 11.0. The van der Waals surface area contributed by atoms with Gasteiger partial charge < -0.3 is 5.32 Å². The van der Waals surface area contributed by atoms with Gasteiger partial charge in [0, 0.05) is 17.0 Å². The molecule has 0 saturated heterocycles. The van der Waals surface area contributed by atoms with E-state index in [4.69, 9.17) is 0 Å². The smallest absolute Gasteiger partial charge is 0.0415 e. The molecule has 1 aromatic carbocycles. The summed E-state index contributed by atoms with van der Waals surface area (Å²) >= 11 is 2.06. The highest BCUT2D eigenvalue weighted by atomic mass is 32.2. The molecule has 2 unspecified atom stereocenters. The van der Waals surface area contributed by atoms with Gasteiger partial charge in [-0.1, -0.05) is 31.2 Å². The molecule has 2 rings (SSSR count). The van der Waals surface area contributed by atoms with Crippen LogP contribution in [-0.2, 0) is 0 Å². The summed E-state index contributed by atoms with van der Waals surface area (Å²) in [7, 11) is 0. The molecule has 1 heterocycles. The number of thioether (sulfide) groups is 1. The van der Waals surface area contributed by atoms with Crippen LogP contribution in [0.4, 0.5) is 0 Å². The minimum absolute atomic E-state index is 0.558. The average molecular weight is 221 g/mol. The molecule has 0 aromatic heterocycles. The van der Waals surface area contributed by atoms with Crippen LogP contribution in [0.5, 0.6) is 0 Å². The van der Waals surface area contributed by atoms with Gasteiger partial charge >= 0.3 is 0 Å². The maximum absolute atomic E-state index is 3.63. The van der Waals surface area contributed by atoms with E-state index in [1.807, 2.05) is 0 Å². The lowest BCUT2D eigenvalue weighted by atomic mass is 9.98. The van der Waals surface area contributed by atoms with Gasteiger partial charge in [-0.2, -0.15) is 11.8 Å². The lowest BCUT2D eigenvalue weighted by molar-refractivity contribution is 0.567. The zero-order chi connectivity index (χ0) is 10.7. The quantitative estimate of drug-likeness (QED) is 0.838. The summed E-state index contributed by atoms with van der Waals surface area (Å²) in [6, 6.07) is 9.41. The number of benzene rings is 1.